The van der Waals surface area contributed by atoms with E-state index in [-0.39, 0.29) is 10.4 Å². The number of oxazole rings is 1. The predicted octanol–water partition coefficient (Wildman–Crippen LogP) is 3.82. The van der Waals surface area contributed by atoms with E-state index in [2.05, 4.69) is 16.6 Å². The molecule has 0 saturated heterocycles. The van der Waals surface area contributed by atoms with Crippen molar-refractivity contribution in [1.82, 2.24) is 4.98 Å². The molecule has 1 heterocycles. The topological polar surface area (TPSA) is 81.2 Å². The Bertz CT molecular complexity index is 665. The number of nitrogens with zero attached hydrogens (tertiary/aromatic N) is 2. The van der Waals surface area contributed by atoms with Gasteiger partial charge in [0.2, 0.25) is 0 Å². The molecular formula is C14H17N3O3S. The van der Waals surface area contributed by atoms with E-state index in [4.69, 9.17) is 4.42 Å². The number of fused-ring (bicyclic) bond motifs is 1. The number of thioether (sulfide) groups is 1. The summed E-state index contributed by atoms with van der Waals surface area (Å²) < 4.78 is 5.85. The molecule has 0 radical (unpaired) electrons. The van der Waals surface area contributed by atoms with Crippen LogP contribution in [0.25, 0.3) is 11.1 Å². The highest BCUT2D eigenvalue weighted by Crippen LogP contribution is 2.40. The van der Waals surface area contributed by atoms with Crippen molar-refractivity contribution in [3.63, 3.8) is 0 Å². The second-order valence-corrected chi connectivity index (χ2v) is 6.65. The monoisotopic (exact) mass is 307 g/mol. The van der Waals surface area contributed by atoms with E-state index < -0.39 is 4.92 Å². The average molecular weight is 307 g/mol. The maximum absolute atomic E-state index is 10.8. The Morgan fingerprint density at radius 3 is 2.90 bits per heavy atom. The molecule has 1 saturated carbocycles. The minimum atomic E-state index is -0.428. The molecule has 1 N–H and O–H groups in total. The minimum Gasteiger partial charge on any atom is -0.424 e. The smallest absolute Gasteiger partial charge is 0.295 e. The van der Waals surface area contributed by atoms with E-state index in [0.29, 0.717) is 17.1 Å². The molecule has 1 aliphatic carbocycles. The molecule has 0 bridgehead atoms. The number of benzene rings is 1. The van der Waals surface area contributed by atoms with Crippen LogP contribution in [0, 0.1) is 10.1 Å². The largest absolute Gasteiger partial charge is 0.424 e. The molecule has 0 unspecified atom stereocenters. The van der Waals surface area contributed by atoms with Gasteiger partial charge in [0.1, 0.15) is 5.52 Å². The van der Waals surface area contributed by atoms with Crippen LogP contribution in [-0.2, 0) is 0 Å². The van der Waals surface area contributed by atoms with Crippen LogP contribution in [0.15, 0.2) is 22.6 Å². The summed E-state index contributed by atoms with van der Waals surface area (Å²) in [5.41, 5.74) is 1.10. The Balaban J connectivity index is 1.77. The van der Waals surface area contributed by atoms with Crippen molar-refractivity contribution in [2.45, 2.75) is 30.4 Å². The molecule has 1 aromatic heterocycles. The lowest BCUT2D eigenvalue weighted by Gasteiger charge is -2.26. The van der Waals surface area contributed by atoms with Gasteiger partial charge >= 0.3 is 0 Å². The van der Waals surface area contributed by atoms with Crippen LogP contribution in [0.4, 0.5) is 11.7 Å². The molecule has 21 heavy (non-hydrogen) atoms. The van der Waals surface area contributed by atoms with Gasteiger partial charge in [0.05, 0.1) is 4.92 Å². The zero-order valence-corrected chi connectivity index (χ0v) is 12.6. The number of hydrogen-bond acceptors (Lipinski definition) is 6. The molecule has 2 aromatic rings. The maximum Gasteiger partial charge on any atom is 0.295 e. The third-order valence-electron chi connectivity index (χ3n) is 4.09. The molecule has 0 amide bonds. The molecule has 1 aliphatic rings. The first-order valence-electron chi connectivity index (χ1n) is 6.96. The molecule has 0 spiro atoms. The zero-order chi connectivity index (χ0) is 14.9. The first-order valence-corrected chi connectivity index (χ1v) is 8.18. The Morgan fingerprint density at radius 1 is 1.48 bits per heavy atom. The van der Waals surface area contributed by atoms with Gasteiger partial charge in [-0.15, -0.1) is 0 Å². The minimum absolute atomic E-state index is 0.0266. The Kier molecular flexibility index (Phi) is 3.75. The first-order chi connectivity index (χ1) is 10.1. The van der Waals surface area contributed by atoms with Gasteiger partial charge in [-0.25, -0.2) is 0 Å². The van der Waals surface area contributed by atoms with E-state index in [9.17, 15) is 10.1 Å². The molecule has 0 aliphatic heterocycles. The fourth-order valence-electron chi connectivity index (χ4n) is 2.81. The Morgan fingerprint density at radius 2 is 2.24 bits per heavy atom. The lowest BCUT2D eigenvalue weighted by atomic mass is 10.1. The maximum atomic E-state index is 10.8. The van der Waals surface area contributed by atoms with Gasteiger partial charge in [-0.05, 0) is 25.2 Å². The number of non-ortho nitro benzene ring substituents is 1. The fraction of sp³-hybridized carbons (Fsp3) is 0.500. The van der Waals surface area contributed by atoms with Crippen molar-refractivity contribution in [2.75, 3.05) is 18.1 Å². The van der Waals surface area contributed by atoms with Crippen molar-refractivity contribution < 1.29 is 9.34 Å². The highest BCUT2D eigenvalue weighted by molar-refractivity contribution is 8.00. The number of nitro groups is 1. The van der Waals surface area contributed by atoms with Crippen LogP contribution in [0.1, 0.15) is 25.7 Å². The highest BCUT2D eigenvalue weighted by Gasteiger charge is 2.33. The molecular weight excluding hydrogens is 290 g/mol. The Labute approximate surface area is 126 Å². The van der Waals surface area contributed by atoms with Gasteiger partial charge < -0.3 is 9.73 Å². The van der Waals surface area contributed by atoms with Gasteiger partial charge in [0.15, 0.2) is 5.58 Å². The quantitative estimate of drug-likeness (QED) is 0.668. The summed E-state index contributed by atoms with van der Waals surface area (Å²) in [5, 5.41) is 14.0. The van der Waals surface area contributed by atoms with Crippen LogP contribution in [0.5, 0.6) is 0 Å². The van der Waals surface area contributed by atoms with Crippen LogP contribution in [-0.4, -0.2) is 27.5 Å². The lowest BCUT2D eigenvalue weighted by molar-refractivity contribution is -0.384. The van der Waals surface area contributed by atoms with Crippen molar-refractivity contribution >= 4 is 34.6 Å². The summed E-state index contributed by atoms with van der Waals surface area (Å²) >= 11 is 1.89. The van der Waals surface area contributed by atoms with Crippen LogP contribution < -0.4 is 5.32 Å². The van der Waals surface area contributed by atoms with Crippen molar-refractivity contribution in [3.8, 4) is 0 Å². The fourth-order valence-corrected chi connectivity index (χ4v) is 3.73. The summed E-state index contributed by atoms with van der Waals surface area (Å²) in [5.74, 6) is 0. The second-order valence-electron chi connectivity index (χ2n) is 5.38. The van der Waals surface area contributed by atoms with Gasteiger partial charge in [0.25, 0.3) is 11.7 Å². The summed E-state index contributed by atoms with van der Waals surface area (Å²) in [7, 11) is 0. The number of nitrogens with one attached hydrogen (secondary N) is 1. The number of nitro benzene ring substituents is 1. The molecule has 1 fully saturated rings. The van der Waals surface area contributed by atoms with E-state index in [1.807, 2.05) is 11.8 Å². The first kappa shape index (κ1) is 14.2. The van der Waals surface area contributed by atoms with Crippen molar-refractivity contribution in [2.24, 2.45) is 0 Å². The summed E-state index contributed by atoms with van der Waals surface area (Å²) in [4.78, 5) is 14.6. The number of hydrogen-bond donors (Lipinski definition) is 1. The van der Waals surface area contributed by atoms with Crippen molar-refractivity contribution in [3.05, 3.63) is 28.3 Å². The number of rotatable bonds is 5. The van der Waals surface area contributed by atoms with Gasteiger partial charge in [-0.3, -0.25) is 10.1 Å². The standard InChI is InChI=1S/C14H17N3O3S/c1-21-14(6-2-3-7-14)9-15-13-16-11-8-10(17(18)19)4-5-12(11)20-13/h4-5,8H,2-3,6-7,9H2,1H3,(H,15,16). The third-order valence-corrected chi connectivity index (χ3v) is 5.51. The van der Waals surface area contributed by atoms with E-state index in [1.54, 1.807) is 6.07 Å². The Hall–Kier alpha value is -1.76. The number of aromatic nitrogens is 1. The van der Waals surface area contributed by atoms with Crippen LogP contribution in [0.2, 0.25) is 0 Å². The molecule has 6 nitrogen and oxygen atoms in total. The second kappa shape index (κ2) is 5.55. The number of anilines is 1. The molecule has 0 atom stereocenters. The normalized spacial score (nSPS) is 17.2. The van der Waals surface area contributed by atoms with E-state index in [1.165, 1.54) is 37.8 Å². The van der Waals surface area contributed by atoms with Crippen molar-refractivity contribution in [1.29, 1.82) is 0 Å². The summed E-state index contributed by atoms with van der Waals surface area (Å²) in [6, 6.07) is 4.89. The summed E-state index contributed by atoms with van der Waals surface area (Å²) in [6.45, 7) is 0.809. The van der Waals surface area contributed by atoms with E-state index >= 15 is 0 Å². The molecule has 112 valence electrons. The third kappa shape index (κ3) is 2.83. The highest BCUT2D eigenvalue weighted by atomic mass is 32.2. The van der Waals surface area contributed by atoms with E-state index in [0.717, 1.165) is 6.54 Å². The summed E-state index contributed by atoms with van der Waals surface area (Å²) in [6.07, 6.45) is 7.08. The van der Waals surface area contributed by atoms with Gasteiger partial charge in [-0.1, -0.05) is 12.8 Å². The van der Waals surface area contributed by atoms with Gasteiger partial charge in [0, 0.05) is 23.4 Å². The van der Waals surface area contributed by atoms with Crippen LogP contribution in [0.3, 0.4) is 0 Å². The molecule has 1 aromatic carbocycles. The predicted molar refractivity (Wildman–Crippen MR) is 83.9 cm³/mol. The molecule has 7 heteroatoms. The van der Waals surface area contributed by atoms with Gasteiger partial charge in [-0.2, -0.15) is 16.7 Å². The van der Waals surface area contributed by atoms with Crippen LogP contribution >= 0.6 is 11.8 Å². The molecule has 3 rings (SSSR count). The average Bonchev–Trinajstić information content (AvgIpc) is 3.11. The zero-order valence-electron chi connectivity index (χ0n) is 11.8. The SMILES string of the molecule is CSC1(CNc2nc3cc([N+](=O)[O-])ccc3o2)CCCC1. The lowest BCUT2D eigenvalue weighted by Crippen LogP contribution is -2.30.